The molecule has 0 radical (unpaired) electrons. The number of ether oxygens (including phenoxy) is 2. The summed E-state index contributed by atoms with van der Waals surface area (Å²) in [6, 6.07) is 14.6. The van der Waals surface area contributed by atoms with Crippen molar-refractivity contribution in [3.8, 4) is 11.5 Å². The van der Waals surface area contributed by atoms with Gasteiger partial charge in [-0.15, -0.1) is 0 Å². The number of hydrogen-bond donors (Lipinski definition) is 2. The second-order valence-corrected chi connectivity index (χ2v) is 6.53. The van der Waals surface area contributed by atoms with Gasteiger partial charge in [0.2, 0.25) is 5.91 Å². The zero-order chi connectivity index (χ0) is 19.9. The SMILES string of the molecule is COc1cccc(CCC(=O)NC(C)(CC(=O)O)c2cccc(OC)c2)c1. The van der Waals surface area contributed by atoms with Gasteiger partial charge in [-0.25, -0.2) is 0 Å². The van der Waals surface area contributed by atoms with Gasteiger partial charge in [0.15, 0.2) is 0 Å². The molecule has 2 aromatic carbocycles. The number of nitrogens with one attached hydrogen (secondary N) is 1. The molecule has 0 aromatic heterocycles. The largest absolute Gasteiger partial charge is 0.497 e. The molecule has 1 unspecified atom stereocenters. The van der Waals surface area contributed by atoms with Gasteiger partial charge in [-0.05, 0) is 48.7 Å². The van der Waals surface area contributed by atoms with Crippen molar-refractivity contribution in [3.05, 3.63) is 59.7 Å². The van der Waals surface area contributed by atoms with E-state index in [0.29, 0.717) is 17.7 Å². The predicted octanol–water partition coefficient (Wildman–Crippen LogP) is 3.14. The fraction of sp³-hybridized carbons (Fsp3) is 0.333. The smallest absolute Gasteiger partial charge is 0.306 e. The van der Waals surface area contributed by atoms with Gasteiger partial charge in [0, 0.05) is 6.42 Å². The quantitative estimate of drug-likeness (QED) is 0.707. The number of methoxy groups -OCH3 is 2. The molecular formula is C21H25NO5. The monoisotopic (exact) mass is 371 g/mol. The van der Waals surface area contributed by atoms with E-state index in [0.717, 1.165) is 11.3 Å². The molecule has 0 heterocycles. The molecule has 2 N–H and O–H groups in total. The minimum absolute atomic E-state index is 0.218. The van der Waals surface area contributed by atoms with Crippen LogP contribution >= 0.6 is 0 Å². The van der Waals surface area contributed by atoms with Crippen LogP contribution in [-0.4, -0.2) is 31.2 Å². The highest BCUT2D eigenvalue weighted by molar-refractivity contribution is 5.79. The highest BCUT2D eigenvalue weighted by Gasteiger charge is 2.31. The van der Waals surface area contributed by atoms with Gasteiger partial charge in [-0.2, -0.15) is 0 Å². The number of carbonyl (C=O) groups excluding carboxylic acids is 1. The van der Waals surface area contributed by atoms with Gasteiger partial charge < -0.3 is 19.9 Å². The van der Waals surface area contributed by atoms with E-state index in [9.17, 15) is 14.7 Å². The molecule has 0 saturated carbocycles. The van der Waals surface area contributed by atoms with E-state index in [-0.39, 0.29) is 18.7 Å². The molecule has 1 atom stereocenters. The second-order valence-electron chi connectivity index (χ2n) is 6.53. The van der Waals surface area contributed by atoms with Crippen LogP contribution in [0.3, 0.4) is 0 Å². The average molecular weight is 371 g/mol. The summed E-state index contributed by atoms with van der Waals surface area (Å²) in [6.45, 7) is 1.71. The highest BCUT2D eigenvalue weighted by atomic mass is 16.5. The van der Waals surface area contributed by atoms with E-state index in [4.69, 9.17) is 9.47 Å². The maximum absolute atomic E-state index is 12.5. The first-order chi connectivity index (χ1) is 12.9. The van der Waals surface area contributed by atoms with Crippen LogP contribution in [0, 0.1) is 0 Å². The molecule has 0 aliphatic carbocycles. The van der Waals surface area contributed by atoms with Gasteiger partial charge in [-0.3, -0.25) is 9.59 Å². The van der Waals surface area contributed by atoms with E-state index in [1.54, 1.807) is 45.4 Å². The van der Waals surface area contributed by atoms with Gasteiger partial charge >= 0.3 is 5.97 Å². The normalized spacial score (nSPS) is 12.7. The predicted molar refractivity (Wildman–Crippen MR) is 102 cm³/mol. The molecule has 0 aliphatic rings. The number of carboxylic acids is 1. The number of rotatable bonds is 9. The minimum atomic E-state index is -1.04. The van der Waals surface area contributed by atoms with Crippen LogP contribution in [0.25, 0.3) is 0 Å². The highest BCUT2D eigenvalue weighted by Crippen LogP contribution is 2.28. The molecule has 6 nitrogen and oxygen atoms in total. The van der Waals surface area contributed by atoms with Gasteiger partial charge in [0.1, 0.15) is 11.5 Å². The van der Waals surface area contributed by atoms with Gasteiger partial charge in [-0.1, -0.05) is 24.3 Å². The summed E-state index contributed by atoms with van der Waals surface area (Å²) in [6.07, 6.45) is 0.543. The Balaban J connectivity index is 2.12. The van der Waals surface area contributed by atoms with E-state index < -0.39 is 11.5 Å². The molecule has 1 amide bonds. The molecule has 2 rings (SSSR count). The molecule has 6 heteroatoms. The Bertz CT molecular complexity index is 805. The van der Waals surface area contributed by atoms with Gasteiger partial charge in [0.05, 0.1) is 26.2 Å². The standard InChI is InChI=1S/C21H25NO5/c1-21(14-20(24)25,16-7-5-9-18(13-16)27-3)22-19(23)11-10-15-6-4-8-17(12-15)26-2/h4-9,12-13H,10-11,14H2,1-3H3,(H,22,23)(H,24,25). The number of hydrogen-bond acceptors (Lipinski definition) is 4. The summed E-state index contributed by atoms with van der Waals surface area (Å²) < 4.78 is 10.4. The summed E-state index contributed by atoms with van der Waals surface area (Å²) in [4.78, 5) is 23.9. The number of benzene rings is 2. The van der Waals surface area contributed by atoms with Crippen molar-refractivity contribution >= 4 is 11.9 Å². The van der Waals surface area contributed by atoms with Crippen LogP contribution in [0.5, 0.6) is 11.5 Å². The summed E-state index contributed by atoms with van der Waals surface area (Å²) in [5.41, 5.74) is 0.621. The molecule has 2 aromatic rings. The van der Waals surface area contributed by atoms with E-state index >= 15 is 0 Å². The summed E-state index contributed by atoms with van der Waals surface area (Å²) in [5.74, 6) is 0.132. The van der Waals surface area contributed by atoms with Crippen molar-refractivity contribution in [2.75, 3.05) is 14.2 Å². The molecule has 144 valence electrons. The van der Waals surface area contributed by atoms with E-state index in [1.165, 1.54) is 0 Å². The first kappa shape index (κ1) is 20.3. The summed E-state index contributed by atoms with van der Waals surface area (Å²) in [5, 5.41) is 12.2. The van der Waals surface area contributed by atoms with Crippen LogP contribution in [0.2, 0.25) is 0 Å². The zero-order valence-corrected chi connectivity index (χ0v) is 15.8. The fourth-order valence-corrected chi connectivity index (χ4v) is 2.94. The lowest BCUT2D eigenvalue weighted by Gasteiger charge is -2.30. The van der Waals surface area contributed by atoms with Crippen molar-refractivity contribution in [2.24, 2.45) is 0 Å². The Hall–Kier alpha value is -3.02. The molecule has 0 aliphatic heterocycles. The first-order valence-electron chi connectivity index (χ1n) is 8.66. The lowest BCUT2D eigenvalue weighted by Crippen LogP contribution is -2.45. The van der Waals surface area contributed by atoms with E-state index in [2.05, 4.69) is 5.32 Å². The second kappa shape index (κ2) is 9.07. The van der Waals surface area contributed by atoms with E-state index in [1.807, 2.05) is 24.3 Å². The summed E-state index contributed by atoms with van der Waals surface area (Å²) >= 11 is 0. The van der Waals surface area contributed by atoms with Crippen molar-refractivity contribution in [1.82, 2.24) is 5.32 Å². The van der Waals surface area contributed by atoms with Crippen LogP contribution in [0.4, 0.5) is 0 Å². The lowest BCUT2D eigenvalue weighted by atomic mass is 9.88. The number of carbonyl (C=O) groups is 2. The molecule has 0 fully saturated rings. The number of aliphatic carboxylic acids is 1. The van der Waals surface area contributed by atoms with Crippen LogP contribution < -0.4 is 14.8 Å². The van der Waals surface area contributed by atoms with Gasteiger partial charge in [0.25, 0.3) is 0 Å². The van der Waals surface area contributed by atoms with Crippen molar-refractivity contribution in [3.63, 3.8) is 0 Å². The number of carboxylic acid groups (broad SMARTS) is 1. The first-order valence-corrected chi connectivity index (χ1v) is 8.66. The van der Waals surface area contributed by atoms with Crippen LogP contribution in [0.1, 0.15) is 30.9 Å². The van der Waals surface area contributed by atoms with Crippen LogP contribution in [0.15, 0.2) is 48.5 Å². The Morgan fingerprint density at radius 1 is 1.04 bits per heavy atom. The third-order valence-corrected chi connectivity index (χ3v) is 4.40. The third-order valence-electron chi connectivity index (χ3n) is 4.40. The lowest BCUT2D eigenvalue weighted by molar-refractivity contribution is -0.139. The molecular weight excluding hydrogens is 346 g/mol. The molecule has 0 bridgehead atoms. The maximum Gasteiger partial charge on any atom is 0.306 e. The minimum Gasteiger partial charge on any atom is -0.497 e. The summed E-state index contributed by atoms with van der Waals surface area (Å²) in [7, 11) is 3.14. The van der Waals surface area contributed by atoms with Crippen molar-refractivity contribution in [1.29, 1.82) is 0 Å². The van der Waals surface area contributed by atoms with Crippen molar-refractivity contribution < 1.29 is 24.2 Å². The zero-order valence-electron chi connectivity index (χ0n) is 15.8. The maximum atomic E-state index is 12.5. The van der Waals surface area contributed by atoms with Crippen LogP contribution in [-0.2, 0) is 21.5 Å². The Morgan fingerprint density at radius 3 is 2.30 bits per heavy atom. The number of aryl methyl sites for hydroxylation is 1. The Morgan fingerprint density at radius 2 is 1.67 bits per heavy atom. The third kappa shape index (κ3) is 5.74. The number of amides is 1. The fourth-order valence-electron chi connectivity index (χ4n) is 2.94. The Kier molecular flexibility index (Phi) is 6.82. The topological polar surface area (TPSA) is 84.9 Å². The molecule has 27 heavy (non-hydrogen) atoms. The molecule has 0 saturated heterocycles. The van der Waals surface area contributed by atoms with Crippen molar-refractivity contribution in [2.45, 2.75) is 31.7 Å². The Labute approximate surface area is 159 Å². The molecule has 0 spiro atoms. The average Bonchev–Trinajstić information content (AvgIpc) is 2.66.